The Morgan fingerprint density at radius 3 is 2.85 bits per heavy atom. The molecule has 1 saturated carbocycles. The first-order chi connectivity index (χ1) is 6.18. The summed E-state index contributed by atoms with van der Waals surface area (Å²) in [7, 11) is 0. The van der Waals surface area contributed by atoms with Gasteiger partial charge < -0.3 is 10.8 Å². The molecule has 3 N–H and O–H groups in total. The molecule has 1 fully saturated rings. The fourth-order valence-electron chi connectivity index (χ4n) is 1.37. The maximum Gasteiger partial charge on any atom is 0.345 e. The van der Waals surface area contributed by atoms with Crippen molar-refractivity contribution in [3.8, 4) is 0 Å². The lowest BCUT2D eigenvalue weighted by Gasteiger charge is -2.05. The van der Waals surface area contributed by atoms with Crippen molar-refractivity contribution in [2.45, 2.75) is 18.9 Å². The summed E-state index contributed by atoms with van der Waals surface area (Å²) in [5.41, 5.74) is 6.90. The van der Waals surface area contributed by atoms with Crippen molar-refractivity contribution in [2.24, 2.45) is 11.7 Å². The van der Waals surface area contributed by atoms with Crippen LogP contribution in [0.1, 0.15) is 34.1 Å². The molecule has 0 bridgehead atoms. The second kappa shape index (κ2) is 3.12. The number of nitrogens with two attached hydrogens (primary N) is 1. The number of hydrogen-bond donors (Lipinski definition) is 2. The van der Waals surface area contributed by atoms with Gasteiger partial charge >= 0.3 is 5.97 Å². The average molecular weight is 197 g/mol. The monoisotopic (exact) mass is 197 g/mol. The number of thiophene rings is 1. The van der Waals surface area contributed by atoms with Crippen LogP contribution in [0.15, 0.2) is 11.4 Å². The number of carboxylic acids is 1. The fourth-order valence-corrected chi connectivity index (χ4v) is 2.16. The van der Waals surface area contributed by atoms with Gasteiger partial charge in [-0.1, -0.05) is 0 Å². The predicted molar refractivity (Wildman–Crippen MR) is 50.9 cm³/mol. The van der Waals surface area contributed by atoms with Crippen LogP contribution in [-0.2, 0) is 0 Å². The Morgan fingerprint density at radius 1 is 1.69 bits per heavy atom. The molecule has 1 heterocycles. The Labute approximate surface area is 80.2 Å². The van der Waals surface area contributed by atoms with E-state index in [1.807, 2.05) is 5.38 Å². The summed E-state index contributed by atoms with van der Waals surface area (Å²) >= 11 is 1.25. The molecule has 0 unspecified atom stereocenters. The zero-order valence-electron chi connectivity index (χ0n) is 7.06. The van der Waals surface area contributed by atoms with Crippen molar-refractivity contribution in [1.29, 1.82) is 0 Å². The van der Waals surface area contributed by atoms with Gasteiger partial charge in [-0.3, -0.25) is 0 Å². The number of rotatable bonds is 3. The van der Waals surface area contributed by atoms with Crippen LogP contribution in [0, 0.1) is 5.92 Å². The van der Waals surface area contributed by atoms with Gasteiger partial charge in [-0.25, -0.2) is 4.79 Å². The maximum atomic E-state index is 10.6. The molecule has 70 valence electrons. The standard InChI is InChI=1S/C9H11NO2S/c10-8(5-1-2-5)6-3-7(9(11)12)13-4-6/h3-5,8H,1-2,10H2,(H,11,12)/t8-/m1/s1. The summed E-state index contributed by atoms with van der Waals surface area (Å²) in [6.45, 7) is 0. The molecule has 0 saturated heterocycles. The van der Waals surface area contributed by atoms with Gasteiger partial charge in [0.05, 0.1) is 0 Å². The lowest BCUT2D eigenvalue weighted by Crippen LogP contribution is -2.11. The molecule has 0 spiro atoms. The van der Waals surface area contributed by atoms with Crippen molar-refractivity contribution >= 4 is 17.3 Å². The molecule has 2 rings (SSSR count). The molecule has 0 amide bonds. The molecule has 0 aliphatic heterocycles. The molecule has 1 aliphatic rings. The number of hydrogen-bond acceptors (Lipinski definition) is 3. The van der Waals surface area contributed by atoms with Crippen LogP contribution in [0.4, 0.5) is 0 Å². The van der Waals surface area contributed by atoms with Crippen LogP contribution in [0.2, 0.25) is 0 Å². The first kappa shape index (κ1) is 8.72. The molecule has 1 aromatic rings. The van der Waals surface area contributed by atoms with E-state index < -0.39 is 5.97 Å². The van der Waals surface area contributed by atoms with Gasteiger partial charge in [-0.2, -0.15) is 0 Å². The van der Waals surface area contributed by atoms with E-state index in [2.05, 4.69) is 0 Å². The minimum Gasteiger partial charge on any atom is -0.477 e. The van der Waals surface area contributed by atoms with Gasteiger partial charge in [0.15, 0.2) is 0 Å². The van der Waals surface area contributed by atoms with E-state index in [1.165, 1.54) is 24.2 Å². The topological polar surface area (TPSA) is 63.3 Å². The summed E-state index contributed by atoms with van der Waals surface area (Å²) in [5, 5.41) is 10.6. The van der Waals surface area contributed by atoms with Gasteiger partial charge in [0.2, 0.25) is 0 Å². The highest BCUT2D eigenvalue weighted by molar-refractivity contribution is 7.12. The zero-order valence-corrected chi connectivity index (χ0v) is 7.88. The van der Waals surface area contributed by atoms with Crippen LogP contribution in [0.5, 0.6) is 0 Å². The van der Waals surface area contributed by atoms with Crippen LogP contribution in [0.25, 0.3) is 0 Å². The molecular formula is C9H11NO2S. The minimum absolute atomic E-state index is 0.0457. The maximum absolute atomic E-state index is 10.6. The van der Waals surface area contributed by atoms with E-state index in [0.717, 1.165) is 5.56 Å². The van der Waals surface area contributed by atoms with Crippen molar-refractivity contribution in [3.63, 3.8) is 0 Å². The second-order valence-electron chi connectivity index (χ2n) is 3.41. The normalized spacial score (nSPS) is 18.5. The quantitative estimate of drug-likeness (QED) is 0.777. The molecule has 1 aliphatic carbocycles. The largest absolute Gasteiger partial charge is 0.477 e. The predicted octanol–water partition coefficient (Wildman–Crippen LogP) is 1.86. The van der Waals surface area contributed by atoms with Gasteiger partial charge in [0.1, 0.15) is 4.88 Å². The third-order valence-corrected chi connectivity index (χ3v) is 3.28. The number of carbonyl (C=O) groups is 1. The Hall–Kier alpha value is -0.870. The van der Waals surface area contributed by atoms with E-state index in [0.29, 0.717) is 10.8 Å². The van der Waals surface area contributed by atoms with Crippen LogP contribution in [0.3, 0.4) is 0 Å². The van der Waals surface area contributed by atoms with Crippen molar-refractivity contribution in [1.82, 2.24) is 0 Å². The van der Waals surface area contributed by atoms with Gasteiger partial charge in [0.25, 0.3) is 0 Å². The molecule has 4 heteroatoms. The van der Waals surface area contributed by atoms with Gasteiger partial charge in [0, 0.05) is 6.04 Å². The third-order valence-electron chi connectivity index (χ3n) is 2.35. The summed E-state index contributed by atoms with van der Waals surface area (Å²) in [4.78, 5) is 11.0. The SMILES string of the molecule is N[C@@H](c1csc(C(=O)O)c1)C1CC1. The minimum atomic E-state index is -0.862. The smallest absolute Gasteiger partial charge is 0.345 e. The molecule has 1 atom stereocenters. The van der Waals surface area contributed by atoms with Crippen molar-refractivity contribution in [2.75, 3.05) is 0 Å². The number of carboxylic acid groups (broad SMARTS) is 1. The second-order valence-corrected chi connectivity index (χ2v) is 4.32. The van der Waals surface area contributed by atoms with Crippen molar-refractivity contribution in [3.05, 3.63) is 21.9 Å². The van der Waals surface area contributed by atoms with Crippen molar-refractivity contribution < 1.29 is 9.90 Å². The fraction of sp³-hybridized carbons (Fsp3) is 0.444. The molecule has 0 aromatic carbocycles. The molecule has 3 nitrogen and oxygen atoms in total. The lowest BCUT2D eigenvalue weighted by atomic mass is 10.1. The van der Waals surface area contributed by atoms with Crippen LogP contribution in [-0.4, -0.2) is 11.1 Å². The molecule has 13 heavy (non-hydrogen) atoms. The highest BCUT2D eigenvalue weighted by Gasteiger charge is 2.30. The average Bonchev–Trinajstić information content (AvgIpc) is 2.81. The Balaban J connectivity index is 2.16. The zero-order chi connectivity index (χ0) is 9.42. The molecular weight excluding hydrogens is 186 g/mol. The highest BCUT2D eigenvalue weighted by Crippen LogP contribution is 2.40. The summed E-state index contributed by atoms with van der Waals surface area (Å²) in [5.74, 6) is -0.282. The van der Waals surface area contributed by atoms with Crippen LogP contribution >= 0.6 is 11.3 Å². The third kappa shape index (κ3) is 1.73. The summed E-state index contributed by atoms with van der Waals surface area (Å²) in [6, 6.07) is 1.74. The van der Waals surface area contributed by atoms with Gasteiger partial charge in [-0.05, 0) is 35.8 Å². The Bertz CT molecular complexity index is 330. The van der Waals surface area contributed by atoms with E-state index in [9.17, 15) is 4.79 Å². The van der Waals surface area contributed by atoms with E-state index in [1.54, 1.807) is 6.07 Å². The summed E-state index contributed by atoms with van der Waals surface area (Å²) in [6.07, 6.45) is 2.36. The first-order valence-electron chi connectivity index (χ1n) is 4.26. The molecule has 1 aromatic heterocycles. The number of aromatic carboxylic acids is 1. The summed E-state index contributed by atoms with van der Waals surface area (Å²) < 4.78 is 0. The molecule has 0 radical (unpaired) electrons. The van der Waals surface area contributed by atoms with E-state index in [4.69, 9.17) is 10.8 Å². The highest BCUT2D eigenvalue weighted by atomic mass is 32.1. The van der Waals surface area contributed by atoms with Crippen LogP contribution < -0.4 is 5.73 Å². The first-order valence-corrected chi connectivity index (χ1v) is 5.14. The Morgan fingerprint density at radius 2 is 2.38 bits per heavy atom. The van der Waals surface area contributed by atoms with Gasteiger partial charge in [-0.15, -0.1) is 11.3 Å². The lowest BCUT2D eigenvalue weighted by molar-refractivity contribution is 0.0702. The Kier molecular flexibility index (Phi) is 2.09. The van der Waals surface area contributed by atoms with E-state index in [-0.39, 0.29) is 6.04 Å². The van der Waals surface area contributed by atoms with E-state index >= 15 is 0 Å².